The van der Waals surface area contributed by atoms with E-state index in [9.17, 15) is 8.42 Å². The fourth-order valence-electron chi connectivity index (χ4n) is 2.88. The predicted molar refractivity (Wildman–Crippen MR) is 72.6 cm³/mol. The first-order chi connectivity index (χ1) is 9.03. The number of nitrogens with one attached hydrogen (secondary N) is 1. The minimum atomic E-state index is -3.43. The number of aromatic nitrogens is 2. The molecule has 3 rings (SSSR count). The molecule has 1 saturated carbocycles. The third-order valence-electron chi connectivity index (χ3n) is 3.99. The van der Waals surface area contributed by atoms with Gasteiger partial charge in [0, 0.05) is 18.5 Å². The van der Waals surface area contributed by atoms with Crippen LogP contribution in [0.1, 0.15) is 57.1 Å². The second-order valence-electron chi connectivity index (χ2n) is 5.64. The van der Waals surface area contributed by atoms with Gasteiger partial charge in [0.15, 0.2) is 5.03 Å². The van der Waals surface area contributed by atoms with Crippen molar-refractivity contribution < 1.29 is 8.42 Å². The van der Waals surface area contributed by atoms with Gasteiger partial charge in [-0.3, -0.25) is 0 Å². The summed E-state index contributed by atoms with van der Waals surface area (Å²) in [6.07, 6.45) is 5.64. The van der Waals surface area contributed by atoms with Crippen LogP contribution in [-0.4, -0.2) is 24.0 Å². The van der Waals surface area contributed by atoms with Crippen molar-refractivity contribution in [2.75, 3.05) is 0 Å². The quantitative estimate of drug-likeness (QED) is 0.916. The Labute approximate surface area is 114 Å². The maximum absolute atomic E-state index is 12.4. The van der Waals surface area contributed by atoms with Crippen LogP contribution in [0.15, 0.2) is 5.03 Å². The zero-order chi connectivity index (χ0) is 13.6. The Kier molecular flexibility index (Phi) is 3.17. The molecule has 1 fully saturated rings. The summed E-state index contributed by atoms with van der Waals surface area (Å²) in [5, 5.41) is 0.280. The Balaban J connectivity index is 2.06. The number of hydrogen-bond donors (Lipinski definition) is 1. The van der Waals surface area contributed by atoms with Gasteiger partial charge >= 0.3 is 0 Å². The summed E-state index contributed by atoms with van der Waals surface area (Å²) in [7, 11) is -3.43. The van der Waals surface area contributed by atoms with Gasteiger partial charge in [0.2, 0.25) is 0 Å². The zero-order valence-corrected chi connectivity index (χ0v) is 12.3. The van der Waals surface area contributed by atoms with Crippen LogP contribution in [0, 0.1) is 0 Å². The van der Waals surface area contributed by atoms with Crippen molar-refractivity contribution in [2.24, 2.45) is 0 Å². The van der Waals surface area contributed by atoms with Crippen LogP contribution in [0.2, 0.25) is 0 Å². The second-order valence-corrected chi connectivity index (χ2v) is 7.27. The smallest absolute Gasteiger partial charge is 0.260 e. The van der Waals surface area contributed by atoms with Gasteiger partial charge in [0.25, 0.3) is 10.0 Å². The Morgan fingerprint density at radius 1 is 1.37 bits per heavy atom. The Bertz CT molecular complexity index is 587. The monoisotopic (exact) mass is 283 g/mol. The molecule has 0 saturated heterocycles. The molecule has 19 heavy (non-hydrogen) atoms. The predicted octanol–water partition coefficient (Wildman–Crippen LogP) is 1.78. The van der Waals surface area contributed by atoms with E-state index in [0.29, 0.717) is 6.04 Å². The van der Waals surface area contributed by atoms with E-state index in [1.807, 2.05) is 6.92 Å². The maximum Gasteiger partial charge on any atom is 0.260 e. The molecule has 0 amide bonds. The van der Waals surface area contributed by atoms with Crippen LogP contribution in [0.25, 0.3) is 0 Å². The van der Waals surface area contributed by atoms with Gasteiger partial charge in [0.05, 0.1) is 5.69 Å². The van der Waals surface area contributed by atoms with E-state index in [2.05, 4.69) is 21.2 Å². The number of sulfonamides is 1. The normalized spacial score (nSPS) is 23.4. The highest BCUT2D eigenvalue weighted by Crippen LogP contribution is 2.32. The molecule has 1 aliphatic heterocycles. The van der Waals surface area contributed by atoms with E-state index >= 15 is 0 Å². The minimum Gasteiger partial charge on any atom is -0.328 e. The molecule has 2 heterocycles. The number of rotatable bonds is 4. The molecule has 1 atom stereocenters. The average Bonchev–Trinajstić information content (AvgIpc) is 3.06. The standard InChI is InChI=1S/C13H21N3O2S/c1-3-12-14-13(19(17,18)15-10-7-8-10)11-6-4-5-9(2)16(11)12/h9-10,15H,3-8H2,1-2H3. The van der Waals surface area contributed by atoms with E-state index < -0.39 is 10.0 Å². The summed E-state index contributed by atoms with van der Waals surface area (Å²) < 4.78 is 29.7. The molecule has 5 nitrogen and oxygen atoms in total. The fraction of sp³-hybridized carbons (Fsp3) is 0.769. The highest BCUT2D eigenvalue weighted by Gasteiger charge is 2.34. The molecule has 1 unspecified atom stereocenters. The molecular weight excluding hydrogens is 262 g/mol. The maximum atomic E-state index is 12.4. The summed E-state index contributed by atoms with van der Waals surface area (Å²) in [6.45, 7) is 4.18. The topological polar surface area (TPSA) is 64.0 Å². The Morgan fingerprint density at radius 3 is 2.74 bits per heavy atom. The fourth-order valence-corrected chi connectivity index (χ4v) is 4.40. The Morgan fingerprint density at radius 2 is 2.11 bits per heavy atom. The number of nitrogens with zero attached hydrogens (tertiary/aromatic N) is 2. The highest BCUT2D eigenvalue weighted by atomic mass is 32.2. The first kappa shape index (κ1) is 13.1. The third kappa shape index (κ3) is 2.31. The van der Waals surface area contributed by atoms with Crippen molar-refractivity contribution in [3.8, 4) is 0 Å². The third-order valence-corrected chi connectivity index (χ3v) is 5.47. The molecule has 1 aromatic heterocycles. The molecule has 1 aromatic rings. The van der Waals surface area contributed by atoms with Crippen LogP contribution < -0.4 is 4.72 Å². The first-order valence-corrected chi connectivity index (χ1v) is 8.63. The van der Waals surface area contributed by atoms with Crippen molar-refractivity contribution in [1.82, 2.24) is 14.3 Å². The number of aryl methyl sites for hydroxylation is 1. The van der Waals surface area contributed by atoms with E-state index in [4.69, 9.17) is 0 Å². The molecule has 0 bridgehead atoms. The molecule has 1 N–H and O–H groups in total. The van der Waals surface area contributed by atoms with Gasteiger partial charge in [-0.1, -0.05) is 6.92 Å². The van der Waals surface area contributed by atoms with Crippen molar-refractivity contribution in [1.29, 1.82) is 0 Å². The van der Waals surface area contributed by atoms with Gasteiger partial charge in [-0.2, -0.15) is 0 Å². The second kappa shape index (κ2) is 4.59. The zero-order valence-electron chi connectivity index (χ0n) is 11.5. The summed E-state index contributed by atoms with van der Waals surface area (Å²) in [6, 6.07) is 0.490. The van der Waals surface area contributed by atoms with E-state index in [1.54, 1.807) is 0 Å². The van der Waals surface area contributed by atoms with Gasteiger partial charge < -0.3 is 4.57 Å². The van der Waals surface area contributed by atoms with Crippen LogP contribution >= 0.6 is 0 Å². The van der Waals surface area contributed by atoms with Crippen molar-refractivity contribution in [2.45, 2.75) is 69.5 Å². The average molecular weight is 283 g/mol. The summed E-state index contributed by atoms with van der Waals surface area (Å²) in [5.74, 6) is 0.901. The van der Waals surface area contributed by atoms with Gasteiger partial charge in [-0.15, -0.1) is 0 Å². The molecule has 0 aromatic carbocycles. The molecule has 2 aliphatic rings. The lowest BCUT2D eigenvalue weighted by Gasteiger charge is -2.24. The molecule has 1 aliphatic carbocycles. The lowest BCUT2D eigenvalue weighted by Crippen LogP contribution is -2.28. The van der Waals surface area contributed by atoms with Crippen LogP contribution in [0.3, 0.4) is 0 Å². The van der Waals surface area contributed by atoms with Crippen molar-refractivity contribution >= 4 is 10.0 Å². The Hall–Kier alpha value is -0.880. The number of hydrogen-bond acceptors (Lipinski definition) is 3. The minimum absolute atomic E-state index is 0.133. The van der Waals surface area contributed by atoms with Gasteiger partial charge in [0.1, 0.15) is 5.82 Å². The van der Waals surface area contributed by atoms with E-state index in [0.717, 1.165) is 50.0 Å². The molecule has 0 spiro atoms. The SMILES string of the molecule is CCc1nc(S(=O)(=O)NC2CC2)c2n1C(C)CCC2. The molecular formula is C13H21N3O2S. The molecule has 0 radical (unpaired) electrons. The lowest BCUT2D eigenvalue weighted by atomic mass is 10.0. The summed E-state index contributed by atoms with van der Waals surface area (Å²) in [4.78, 5) is 4.43. The molecule has 106 valence electrons. The lowest BCUT2D eigenvalue weighted by molar-refractivity contribution is 0.416. The summed E-state index contributed by atoms with van der Waals surface area (Å²) >= 11 is 0. The van der Waals surface area contributed by atoms with Crippen LogP contribution in [0.4, 0.5) is 0 Å². The number of fused-ring (bicyclic) bond motifs is 1. The number of imidazole rings is 1. The van der Waals surface area contributed by atoms with Gasteiger partial charge in [-0.25, -0.2) is 18.1 Å². The summed E-state index contributed by atoms with van der Waals surface area (Å²) in [5.41, 5.74) is 0.906. The first-order valence-electron chi connectivity index (χ1n) is 7.15. The molecule has 6 heteroatoms. The van der Waals surface area contributed by atoms with Gasteiger partial charge in [-0.05, 0) is 39.0 Å². The van der Waals surface area contributed by atoms with Crippen LogP contribution in [0.5, 0.6) is 0 Å². The largest absolute Gasteiger partial charge is 0.328 e. The van der Waals surface area contributed by atoms with E-state index in [1.165, 1.54) is 0 Å². The van der Waals surface area contributed by atoms with Crippen molar-refractivity contribution in [3.63, 3.8) is 0 Å². The van der Waals surface area contributed by atoms with E-state index in [-0.39, 0.29) is 11.1 Å². The highest BCUT2D eigenvalue weighted by molar-refractivity contribution is 7.89. The van der Waals surface area contributed by atoms with Crippen molar-refractivity contribution in [3.05, 3.63) is 11.5 Å². The van der Waals surface area contributed by atoms with Crippen LogP contribution in [-0.2, 0) is 22.9 Å².